The third kappa shape index (κ3) is 2.57. The zero-order valence-corrected chi connectivity index (χ0v) is 17.9. The number of aliphatic hydroxyl groups is 2. The standard InChI is InChI=1S/C23H31FO6/c1-13(25)30-12-19(28)22(29)9-7-16-17-5-4-14-10-15(26)6-8-20(14,2)23(17,24)18(27)11-21(16,22)3/h10,16-18,27,29H,4-9,11-12H2,1-3H3/t16-,17-,18+,20+,21+,22+,23+/m1/s1. The lowest BCUT2D eigenvalue weighted by Crippen LogP contribution is -2.69. The molecule has 7 atom stereocenters. The summed E-state index contributed by atoms with van der Waals surface area (Å²) in [4.78, 5) is 35.9. The number of rotatable bonds is 3. The molecule has 166 valence electrons. The molecule has 30 heavy (non-hydrogen) atoms. The third-order valence-corrected chi connectivity index (χ3v) is 9.06. The van der Waals surface area contributed by atoms with Gasteiger partial charge in [-0.2, -0.15) is 0 Å². The van der Waals surface area contributed by atoms with Crippen molar-refractivity contribution in [1.29, 1.82) is 0 Å². The van der Waals surface area contributed by atoms with E-state index in [1.807, 2.05) is 6.92 Å². The number of ether oxygens (including phenoxy) is 1. The van der Waals surface area contributed by atoms with Crippen LogP contribution in [0.5, 0.6) is 0 Å². The minimum Gasteiger partial charge on any atom is -0.458 e. The van der Waals surface area contributed by atoms with Gasteiger partial charge in [0, 0.05) is 30.1 Å². The summed E-state index contributed by atoms with van der Waals surface area (Å²) in [6, 6.07) is 0. The fraction of sp³-hybridized carbons (Fsp3) is 0.783. The van der Waals surface area contributed by atoms with Crippen molar-refractivity contribution in [3.8, 4) is 0 Å². The van der Waals surface area contributed by atoms with Crippen LogP contribution in [0.2, 0.25) is 0 Å². The molecule has 2 N–H and O–H groups in total. The molecule has 3 fully saturated rings. The number of carbonyl (C=O) groups excluding carboxylic acids is 3. The van der Waals surface area contributed by atoms with Gasteiger partial charge in [-0.15, -0.1) is 0 Å². The highest BCUT2D eigenvalue weighted by Crippen LogP contribution is 2.70. The Morgan fingerprint density at radius 1 is 1.20 bits per heavy atom. The topological polar surface area (TPSA) is 101 Å². The van der Waals surface area contributed by atoms with Crippen molar-refractivity contribution < 1.29 is 33.7 Å². The summed E-state index contributed by atoms with van der Waals surface area (Å²) in [5.41, 5.74) is -4.83. The van der Waals surface area contributed by atoms with Crippen molar-refractivity contribution in [2.75, 3.05) is 6.61 Å². The van der Waals surface area contributed by atoms with Gasteiger partial charge in [0.15, 0.2) is 12.4 Å². The summed E-state index contributed by atoms with van der Waals surface area (Å²) in [7, 11) is 0. The number of hydrogen-bond acceptors (Lipinski definition) is 6. The summed E-state index contributed by atoms with van der Waals surface area (Å²) < 4.78 is 21.8. The van der Waals surface area contributed by atoms with Crippen LogP contribution in [0.25, 0.3) is 0 Å². The van der Waals surface area contributed by atoms with E-state index in [0.29, 0.717) is 25.7 Å². The van der Waals surface area contributed by atoms with Crippen molar-refractivity contribution in [2.24, 2.45) is 22.7 Å². The van der Waals surface area contributed by atoms with Gasteiger partial charge < -0.3 is 14.9 Å². The molecule has 0 spiro atoms. The first-order valence-electron chi connectivity index (χ1n) is 10.9. The summed E-state index contributed by atoms with van der Waals surface area (Å²) in [6.07, 6.45) is 2.45. The van der Waals surface area contributed by atoms with Crippen molar-refractivity contribution in [3.63, 3.8) is 0 Å². The van der Waals surface area contributed by atoms with E-state index in [2.05, 4.69) is 0 Å². The zero-order valence-electron chi connectivity index (χ0n) is 17.9. The normalized spacial score (nSPS) is 47.6. The number of esters is 1. The Kier molecular flexibility index (Phi) is 4.83. The van der Waals surface area contributed by atoms with Crippen LogP contribution in [0, 0.1) is 22.7 Å². The lowest BCUT2D eigenvalue weighted by Gasteiger charge is -2.63. The number of carbonyl (C=O) groups is 3. The maximum absolute atomic E-state index is 16.9. The highest BCUT2D eigenvalue weighted by Gasteiger charge is 2.74. The molecule has 0 aromatic carbocycles. The maximum Gasteiger partial charge on any atom is 0.303 e. The van der Waals surface area contributed by atoms with Crippen LogP contribution in [0.3, 0.4) is 0 Å². The number of halogens is 1. The van der Waals surface area contributed by atoms with E-state index in [-0.39, 0.29) is 31.0 Å². The van der Waals surface area contributed by atoms with Gasteiger partial charge in [0.2, 0.25) is 5.78 Å². The van der Waals surface area contributed by atoms with Crippen molar-refractivity contribution in [2.45, 2.75) is 83.1 Å². The molecule has 0 unspecified atom stereocenters. The van der Waals surface area contributed by atoms with E-state index in [4.69, 9.17) is 4.74 Å². The second kappa shape index (κ2) is 6.70. The molecule has 0 aliphatic heterocycles. The molecule has 0 aromatic heterocycles. The smallest absolute Gasteiger partial charge is 0.303 e. The van der Waals surface area contributed by atoms with Gasteiger partial charge in [-0.1, -0.05) is 19.4 Å². The van der Waals surface area contributed by atoms with E-state index in [1.54, 1.807) is 13.0 Å². The number of fused-ring (bicyclic) bond motifs is 5. The first-order valence-corrected chi connectivity index (χ1v) is 10.9. The predicted octanol–water partition coefficient (Wildman–Crippen LogP) is 2.44. The van der Waals surface area contributed by atoms with E-state index >= 15 is 4.39 Å². The number of aliphatic hydroxyl groups excluding tert-OH is 1. The fourth-order valence-corrected chi connectivity index (χ4v) is 7.32. The number of hydrogen-bond donors (Lipinski definition) is 2. The summed E-state index contributed by atoms with van der Waals surface area (Å²) >= 11 is 0. The molecule has 6 nitrogen and oxygen atoms in total. The molecule has 0 aromatic rings. The molecule has 3 saturated carbocycles. The minimum absolute atomic E-state index is 0.00553. The molecule has 0 amide bonds. The van der Waals surface area contributed by atoms with Gasteiger partial charge >= 0.3 is 5.97 Å². The quantitative estimate of drug-likeness (QED) is 0.678. The van der Waals surface area contributed by atoms with Crippen LogP contribution in [0.4, 0.5) is 4.39 Å². The Morgan fingerprint density at radius 3 is 2.57 bits per heavy atom. The second-order valence-corrected chi connectivity index (χ2v) is 10.2. The average Bonchev–Trinajstić information content (AvgIpc) is 2.94. The molecule has 4 rings (SSSR count). The van der Waals surface area contributed by atoms with Gasteiger partial charge in [0.05, 0.1) is 6.10 Å². The molecule has 0 radical (unpaired) electrons. The Hall–Kier alpha value is -1.60. The Morgan fingerprint density at radius 2 is 1.90 bits per heavy atom. The van der Waals surface area contributed by atoms with Crippen LogP contribution in [-0.2, 0) is 19.1 Å². The molecular weight excluding hydrogens is 391 g/mol. The number of alkyl halides is 1. The van der Waals surface area contributed by atoms with Gasteiger partial charge in [-0.3, -0.25) is 14.4 Å². The lowest BCUT2D eigenvalue weighted by atomic mass is 9.44. The van der Waals surface area contributed by atoms with Gasteiger partial charge in [0.25, 0.3) is 0 Å². The molecule has 0 bridgehead atoms. The summed E-state index contributed by atoms with van der Waals surface area (Å²) in [5.74, 6) is -1.99. The second-order valence-electron chi connectivity index (χ2n) is 10.2. The van der Waals surface area contributed by atoms with E-state index < -0.39 is 52.5 Å². The lowest BCUT2D eigenvalue weighted by molar-refractivity contribution is -0.227. The van der Waals surface area contributed by atoms with E-state index in [9.17, 15) is 24.6 Å². The first-order chi connectivity index (χ1) is 13.9. The van der Waals surface area contributed by atoms with Gasteiger partial charge in [-0.25, -0.2) is 4.39 Å². The molecule has 7 heteroatoms. The molecule has 4 aliphatic rings. The zero-order chi connectivity index (χ0) is 22.1. The van der Waals surface area contributed by atoms with Crippen LogP contribution in [0.1, 0.15) is 65.7 Å². The van der Waals surface area contributed by atoms with Crippen LogP contribution in [0.15, 0.2) is 11.6 Å². The predicted molar refractivity (Wildman–Crippen MR) is 105 cm³/mol. The summed E-state index contributed by atoms with van der Waals surface area (Å²) in [5, 5.41) is 22.6. The first kappa shape index (κ1) is 21.6. The van der Waals surface area contributed by atoms with Crippen molar-refractivity contribution >= 4 is 17.5 Å². The Balaban J connectivity index is 1.71. The van der Waals surface area contributed by atoms with Crippen LogP contribution in [-0.4, -0.2) is 51.7 Å². The van der Waals surface area contributed by atoms with Crippen molar-refractivity contribution in [3.05, 3.63) is 11.6 Å². The molecule has 0 heterocycles. The molecule has 0 saturated heterocycles. The van der Waals surface area contributed by atoms with E-state index in [1.165, 1.54) is 6.92 Å². The SMILES string of the molecule is CC(=O)OCC(=O)[C@@]1(O)CC[C@@H]2[C@H]3CCC4=CC(=O)CC[C@]4(C)[C@@]3(F)[C@@H](O)C[C@@]21C. The van der Waals surface area contributed by atoms with Crippen LogP contribution >= 0.6 is 0 Å². The average molecular weight is 422 g/mol. The third-order valence-electron chi connectivity index (χ3n) is 9.06. The monoisotopic (exact) mass is 422 g/mol. The summed E-state index contributed by atoms with van der Waals surface area (Å²) in [6.45, 7) is 4.25. The highest BCUT2D eigenvalue weighted by molar-refractivity contribution is 5.92. The molecular formula is C23H31FO6. The number of ketones is 2. The van der Waals surface area contributed by atoms with Gasteiger partial charge in [-0.05, 0) is 50.5 Å². The van der Waals surface area contributed by atoms with Crippen molar-refractivity contribution in [1.82, 2.24) is 0 Å². The van der Waals surface area contributed by atoms with Crippen LogP contribution < -0.4 is 0 Å². The largest absolute Gasteiger partial charge is 0.458 e. The minimum atomic E-state index is -1.91. The fourth-order valence-electron chi connectivity index (χ4n) is 7.32. The Bertz CT molecular complexity index is 838. The maximum atomic E-state index is 16.9. The van der Waals surface area contributed by atoms with Gasteiger partial charge in [0.1, 0.15) is 11.3 Å². The Labute approximate surface area is 175 Å². The highest BCUT2D eigenvalue weighted by atomic mass is 19.1. The number of Topliss-reactive ketones (excluding diaryl/α,β-unsaturated/α-hetero) is 1. The number of allylic oxidation sites excluding steroid dienone is 1. The van der Waals surface area contributed by atoms with E-state index in [0.717, 1.165) is 5.57 Å². The molecule has 4 aliphatic carbocycles.